The number of aryl methyl sites for hydroxylation is 1. The molecule has 0 saturated carbocycles. The molecule has 0 unspecified atom stereocenters. The van der Waals surface area contributed by atoms with Crippen LogP contribution < -0.4 is 16.4 Å². The molecule has 7 nitrogen and oxygen atoms in total. The van der Waals surface area contributed by atoms with Gasteiger partial charge in [-0.25, -0.2) is 4.79 Å². The number of morpholine rings is 1. The Morgan fingerprint density at radius 2 is 1.96 bits per heavy atom. The molecule has 1 aromatic rings. The molecule has 0 spiro atoms. The van der Waals surface area contributed by atoms with E-state index in [1.54, 1.807) is 0 Å². The Balaban J connectivity index is 1.49. The molecule has 0 radical (unpaired) electrons. The first kappa shape index (κ1) is 18.2. The number of nitrogens with one attached hydrogen (secondary N) is 2. The lowest BCUT2D eigenvalue weighted by Crippen LogP contribution is -2.38. The van der Waals surface area contributed by atoms with Gasteiger partial charge in [-0.1, -0.05) is 0 Å². The molecule has 3 amide bonds. The number of hydrogen-bond donors (Lipinski definition) is 3. The van der Waals surface area contributed by atoms with Crippen molar-refractivity contribution in [2.24, 2.45) is 5.73 Å². The van der Waals surface area contributed by atoms with Crippen LogP contribution in [0.25, 0.3) is 0 Å². The number of ether oxygens (including phenoxy) is 1. The molecule has 25 heavy (non-hydrogen) atoms. The maximum Gasteiger partial charge on any atom is 0.319 e. The predicted molar refractivity (Wildman–Crippen MR) is 98.4 cm³/mol. The second-order valence-electron chi connectivity index (χ2n) is 6.47. The summed E-state index contributed by atoms with van der Waals surface area (Å²) in [4.78, 5) is 27.5. The van der Waals surface area contributed by atoms with Gasteiger partial charge in [-0.05, 0) is 44.2 Å². The van der Waals surface area contributed by atoms with Crippen LogP contribution in [-0.2, 0) is 17.6 Å². The van der Waals surface area contributed by atoms with Crippen molar-refractivity contribution in [3.63, 3.8) is 0 Å². The Labute approximate surface area is 151 Å². The molecule has 8 heteroatoms. The molecule has 1 saturated heterocycles. The zero-order valence-electron chi connectivity index (χ0n) is 14.4. The van der Waals surface area contributed by atoms with E-state index in [4.69, 9.17) is 10.5 Å². The van der Waals surface area contributed by atoms with E-state index in [1.165, 1.54) is 16.2 Å². The van der Waals surface area contributed by atoms with Crippen LogP contribution in [0.3, 0.4) is 0 Å². The SMILES string of the molecule is NC(=O)c1c(NC(=O)NCCCN2CCOCC2)sc2c1CCCC2. The van der Waals surface area contributed by atoms with Crippen LogP contribution >= 0.6 is 11.3 Å². The number of amides is 3. The highest BCUT2D eigenvalue weighted by Gasteiger charge is 2.24. The lowest BCUT2D eigenvalue weighted by Gasteiger charge is -2.26. The first-order valence-electron chi connectivity index (χ1n) is 8.94. The van der Waals surface area contributed by atoms with Gasteiger partial charge < -0.3 is 15.8 Å². The summed E-state index contributed by atoms with van der Waals surface area (Å²) >= 11 is 1.49. The molecular formula is C17H26N4O3S. The molecule has 0 bridgehead atoms. The summed E-state index contributed by atoms with van der Waals surface area (Å²) in [5.74, 6) is -0.456. The quantitative estimate of drug-likeness (QED) is 0.666. The summed E-state index contributed by atoms with van der Waals surface area (Å²) in [6, 6.07) is -0.275. The van der Waals surface area contributed by atoms with Crippen molar-refractivity contribution in [1.29, 1.82) is 0 Å². The highest BCUT2D eigenvalue weighted by atomic mass is 32.1. The Hall–Kier alpha value is -1.64. The summed E-state index contributed by atoms with van der Waals surface area (Å²) in [6.45, 7) is 5.02. The third kappa shape index (κ3) is 4.71. The second kappa shape index (κ2) is 8.64. The highest BCUT2D eigenvalue weighted by molar-refractivity contribution is 7.17. The van der Waals surface area contributed by atoms with E-state index < -0.39 is 5.91 Å². The van der Waals surface area contributed by atoms with E-state index in [2.05, 4.69) is 15.5 Å². The monoisotopic (exact) mass is 366 g/mol. The Bertz CT molecular complexity index is 626. The summed E-state index contributed by atoms with van der Waals surface area (Å²) in [6.07, 6.45) is 4.91. The second-order valence-corrected chi connectivity index (χ2v) is 7.57. The van der Waals surface area contributed by atoms with E-state index in [1.807, 2.05) is 0 Å². The van der Waals surface area contributed by atoms with Gasteiger partial charge in [0.25, 0.3) is 5.91 Å². The lowest BCUT2D eigenvalue weighted by atomic mass is 9.95. The molecule has 0 atom stereocenters. The van der Waals surface area contributed by atoms with E-state index in [0.29, 0.717) is 17.1 Å². The predicted octanol–water partition coefficient (Wildman–Crippen LogP) is 1.57. The van der Waals surface area contributed by atoms with Crippen LogP contribution in [-0.4, -0.2) is 56.2 Å². The third-order valence-corrected chi connectivity index (χ3v) is 5.89. The van der Waals surface area contributed by atoms with Gasteiger partial charge in [0.2, 0.25) is 0 Å². The largest absolute Gasteiger partial charge is 0.379 e. The number of carbonyl (C=O) groups is 2. The number of urea groups is 1. The average Bonchev–Trinajstić information content (AvgIpc) is 2.97. The normalized spacial score (nSPS) is 17.8. The highest BCUT2D eigenvalue weighted by Crippen LogP contribution is 2.37. The number of hydrogen-bond acceptors (Lipinski definition) is 5. The Kier molecular flexibility index (Phi) is 6.28. The minimum absolute atomic E-state index is 0.275. The van der Waals surface area contributed by atoms with Crippen molar-refractivity contribution in [1.82, 2.24) is 10.2 Å². The number of carbonyl (C=O) groups excluding carboxylic acids is 2. The fraction of sp³-hybridized carbons (Fsp3) is 0.647. The molecule has 1 aromatic heterocycles. The van der Waals surface area contributed by atoms with Crippen molar-refractivity contribution in [2.45, 2.75) is 32.1 Å². The molecule has 138 valence electrons. The number of fused-ring (bicyclic) bond motifs is 1. The Morgan fingerprint density at radius 1 is 1.20 bits per heavy atom. The molecule has 4 N–H and O–H groups in total. The van der Waals surface area contributed by atoms with Gasteiger partial charge in [-0.2, -0.15) is 0 Å². The summed E-state index contributed by atoms with van der Waals surface area (Å²) in [7, 11) is 0. The van der Waals surface area contributed by atoms with Crippen molar-refractivity contribution in [3.8, 4) is 0 Å². The van der Waals surface area contributed by atoms with Crippen LogP contribution in [0.1, 0.15) is 40.1 Å². The molecular weight excluding hydrogens is 340 g/mol. The number of rotatable bonds is 6. The number of nitrogens with two attached hydrogens (primary N) is 1. The molecule has 2 heterocycles. The summed E-state index contributed by atoms with van der Waals surface area (Å²) < 4.78 is 5.32. The van der Waals surface area contributed by atoms with Gasteiger partial charge in [0.05, 0.1) is 18.8 Å². The molecule has 0 aromatic carbocycles. The van der Waals surface area contributed by atoms with Crippen molar-refractivity contribution in [2.75, 3.05) is 44.7 Å². The van der Waals surface area contributed by atoms with Crippen LogP contribution in [0.15, 0.2) is 0 Å². The van der Waals surface area contributed by atoms with Gasteiger partial charge in [0, 0.05) is 24.5 Å². The summed E-state index contributed by atoms with van der Waals surface area (Å²) in [5.41, 5.74) is 7.08. The molecule has 3 rings (SSSR count). The third-order valence-electron chi connectivity index (χ3n) is 4.69. The van der Waals surface area contributed by atoms with Gasteiger partial charge in [0.1, 0.15) is 5.00 Å². The van der Waals surface area contributed by atoms with Crippen molar-refractivity contribution < 1.29 is 14.3 Å². The average molecular weight is 366 g/mol. The number of anilines is 1. The maximum atomic E-state index is 12.1. The van der Waals surface area contributed by atoms with E-state index in [9.17, 15) is 9.59 Å². The van der Waals surface area contributed by atoms with E-state index in [-0.39, 0.29) is 6.03 Å². The Morgan fingerprint density at radius 3 is 2.72 bits per heavy atom. The molecule has 1 aliphatic heterocycles. The van der Waals surface area contributed by atoms with Crippen LogP contribution in [0, 0.1) is 0 Å². The lowest BCUT2D eigenvalue weighted by molar-refractivity contribution is 0.0375. The van der Waals surface area contributed by atoms with Crippen LogP contribution in [0.2, 0.25) is 0 Å². The maximum absolute atomic E-state index is 12.1. The smallest absolute Gasteiger partial charge is 0.319 e. The minimum atomic E-state index is -0.456. The first-order valence-corrected chi connectivity index (χ1v) is 9.76. The van der Waals surface area contributed by atoms with Crippen molar-refractivity contribution in [3.05, 3.63) is 16.0 Å². The number of thiophene rings is 1. The van der Waals surface area contributed by atoms with Crippen LogP contribution in [0.5, 0.6) is 0 Å². The molecule has 1 aliphatic carbocycles. The van der Waals surface area contributed by atoms with E-state index in [0.717, 1.165) is 70.5 Å². The molecule has 2 aliphatic rings. The van der Waals surface area contributed by atoms with Crippen LogP contribution in [0.4, 0.5) is 9.80 Å². The zero-order chi connectivity index (χ0) is 17.6. The van der Waals surface area contributed by atoms with Crippen molar-refractivity contribution >= 4 is 28.3 Å². The first-order chi connectivity index (χ1) is 12.1. The number of nitrogens with zero attached hydrogens (tertiary/aromatic N) is 1. The fourth-order valence-electron chi connectivity index (χ4n) is 3.39. The summed E-state index contributed by atoms with van der Waals surface area (Å²) in [5, 5.41) is 6.27. The number of primary amides is 1. The van der Waals surface area contributed by atoms with Gasteiger partial charge in [-0.15, -0.1) is 11.3 Å². The minimum Gasteiger partial charge on any atom is -0.379 e. The standard InChI is InChI=1S/C17H26N4O3S/c18-15(22)14-12-4-1-2-5-13(12)25-16(14)20-17(23)19-6-3-7-21-8-10-24-11-9-21/h1-11H2,(H2,18,22)(H2,19,20,23). The van der Waals surface area contributed by atoms with Gasteiger partial charge >= 0.3 is 6.03 Å². The van der Waals surface area contributed by atoms with E-state index >= 15 is 0 Å². The fourth-order valence-corrected chi connectivity index (χ4v) is 4.68. The van der Waals surface area contributed by atoms with Gasteiger partial charge in [0.15, 0.2) is 0 Å². The zero-order valence-corrected chi connectivity index (χ0v) is 15.3. The topological polar surface area (TPSA) is 96.7 Å². The molecule has 1 fully saturated rings. The van der Waals surface area contributed by atoms with Gasteiger partial charge in [-0.3, -0.25) is 15.0 Å².